The Hall–Kier alpha value is 0.620. The zero-order valence-corrected chi connectivity index (χ0v) is 11.1. The lowest BCUT2D eigenvalue weighted by Gasteiger charge is -2.21. The second-order valence-corrected chi connectivity index (χ2v) is 5.46. The highest BCUT2D eigenvalue weighted by atomic mass is 32.2. The molecule has 0 heterocycles. The minimum atomic E-state index is 0.264. The highest BCUT2D eigenvalue weighted by Crippen LogP contribution is 2.10. The summed E-state index contributed by atoms with van der Waals surface area (Å²) in [7, 11) is 0. The van der Waals surface area contributed by atoms with Crippen LogP contribution < -0.4 is 5.32 Å². The summed E-state index contributed by atoms with van der Waals surface area (Å²) in [6, 6.07) is 0.407. The van der Waals surface area contributed by atoms with Gasteiger partial charge in [0.05, 0.1) is 6.61 Å². The zero-order valence-electron chi connectivity index (χ0n) is 9.45. The van der Waals surface area contributed by atoms with Gasteiger partial charge in [0, 0.05) is 11.3 Å². The van der Waals surface area contributed by atoms with Crippen molar-refractivity contribution in [2.24, 2.45) is 0 Å². The van der Waals surface area contributed by atoms with E-state index in [9.17, 15) is 0 Å². The second kappa shape index (κ2) is 10.1. The molecule has 0 aromatic heterocycles. The Kier molecular flexibility index (Phi) is 10.6. The largest absolute Gasteiger partial charge is 0.395 e. The van der Waals surface area contributed by atoms with E-state index in [1.54, 1.807) is 11.8 Å². The molecule has 0 aliphatic heterocycles. The number of hydrogen-bond acceptors (Lipinski definition) is 4. The van der Waals surface area contributed by atoms with E-state index in [1.165, 1.54) is 18.6 Å². The number of nitrogens with one attached hydrogen (secondary N) is 1. The summed E-state index contributed by atoms with van der Waals surface area (Å²) in [5.41, 5.74) is 0. The van der Waals surface area contributed by atoms with Gasteiger partial charge >= 0.3 is 0 Å². The van der Waals surface area contributed by atoms with Crippen molar-refractivity contribution in [3.05, 3.63) is 0 Å². The second-order valence-electron chi connectivity index (χ2n) is 3.40. The predicted octanol–water partition coefficient (Wildman–Crippen LogP) is 1.83. The number of aliphatic hydroxyl groups is 1. The van der Waals surface area contributed by atoms with E-state index < -0.39 is 0 Å². The van der Waals surface area contributed by atoms with Crippen LogP contribution in [0.3, 0.4) is 0 Å². The lowest BCUT2D eigenvalue weighted by atomic mass is 10.2. The Bertz CT molecular complexity index is 121. The quantitative estimate of drug-likeness (QED) is 0.599. The van der Waals surface area contributed by atoms with Crippen LogP contribution in [0.1, 0.15) is 19.8 Å². The molecule has 0 bridgehead atoms. The van der Waals surface area contributed by atoms with Gasteiger partial charge in [0.2, 0.25) is 0 Å². The molecule has 0 aromatic rings. The van der Waals surface area contributed by atoms with Crippen molar-refractivity contribution in [3.63, 3.8) is 0 Å². The number of rotatable bonds is 9. The molecule has 0 aliphatic rings. The molecule has 2 unspecified atom stereocenters. The van der Waals surface area contributed by atoms with Gasteiger partial charge in [-0.1, -0.05) is 0 Å². The van der Waals surface area contributed by atoms with Crippen molar-refractivity contribution < 1.29 is 5.11 Å². The van der Waals surface area contributed by atoms with Gasteiger partial charge in [-0.25, -0.2) is 0 Å². The van der Waals surface area contributed by atoms with E-state index in [-0.39, 0.29) is 6.61 Å². The van der Waals surface area contributed by atoms with E-state index in [0.717, 1.165) is 6.54 Å². The Balaban J connectivity index is 3.37. The molecule has 0 amide bonds. The van der Waals surface area contributed by atoms with E-state index in [4.69, 9.17) is 5.11 Å². The molecule has 0 aliphatic carbocycles. The molecule has 2 atom stereocenters. The van der Waals surface area contributed by atoms with Crippen molar-refractivity contribution in [3.8, 4) is 0 Å². The van der Waals surface area contributed by atoms with Crippen molar-refractivity contribution in [2.75, 3.05) is 31.4 Å². The first-order valence-electron chi connectivity index (χ1n) is 5.12. The first-order valence-corrected chi connectivity index (χ1v) is 7.80. The van der Waals surface area contributed by atoms with Gasteiger partial charge in [-0.05, 0) is 44.6 Å². The molecule has 0 rings (SSSR count). The van der Waals surface area contributed by atoms with Crippen molar-refractivity contribution in [1.82, 2.24) is 5.32 Å². The number of unbranched alkanes of at least 4 members (excludes halogenated alkanes) is 1. The Labute approximate surface area is 96.6 Å². The monoisotopic (exact) mass is 237 g/mol. The van der Waals surface area contributed by atoms with Crippen LogP contribution >= 0.6 is 23.5 Å². The van der Waals surface area contributed by atoms with Crippen LogP contribution in [0.4, 0.5) is 0 Å². The number of thioether (sulfide) groups is 2. The highest BCUT2D eigenvalue weighted by Gasteiger charge is 2.13. The maximum Gasteiger partial charge on any atom is 0.0564 e. The van der Waals surface area contributed by atoms with Gasteiger partial charge in [0.15, 0.2) is 0 Å². The van der Waals surface area contributed by atoms with E-state index >= 15 is 0 Å². The normalized spacial score (nSPS) is 15.4. The fourth-order valence-corrected chi connectivity index (χ4v) is 2.42. The highest BCUT2D eigenvalue weighted by molar-refractivity contribution is 7.99. The molecule has 86 valence electrons. The minimum absolute atomic E-state index is 0.264. The first-order chi connectivity index (χ1) is 6.76. The molecule has 0 saturated carbocycles. The third-order valence-corrected chi connectivity index (χ3v) is 4.14. The maximum atomic E-state index is 9.07. The predicted molar refractivity (Wildman–Crippen MR) is 69.5 cm³/mol. The maximum absolute atomic E-state index is 9.07. The van der Waals surface area contributed by atoms with Gasteiger partial charge in [0.25, 0.3) is 0 Å². The molecule has 0 radical (unpaired) electrons. The molecule has 0 spiro atoms. The van der Waals surface area contributed by atoms with E-state index in [1.807, 2.05) is 18.0 Å². The average molecular weight is 237 g/mol. The summed E-state index contributed by atoms with van der Waals surface area (Å²) in [6.45, 7) is 3.48. The Morgan fingerprint density at radius 1 is 1.29 bits per heavy atom. The van der Waals surface area contributed by atoms with E-state index in [0.29, 0.717) is 11.3 Å². The summed E-state index contributed by atoms with van der Waals surface area (Å²) in [6.07, 6.45) is 6.71. The summed E-state index contributed by atoms with van der Waals surface area (Å²) in [5.74, 6) is 1.25. The van der Waals surface area contributed by atoms with Crippen molar-refractivity contribution in [1.29, 1.82) is 0 Å². The van der Waals surface area contributed by atoms with Gasteiger partial charge in [-0.3, -0.25) is 0 Å². The van der Waals surface area contributed by atoms with Crippen LogP contribution in [-0.2, 0) is 0 Å². The molecule has 0 aromatic carbocycles. The third-order valence-electron chi connectivity index (χ3n) is 2.28. The molecule has 2 N–H and O–H groups in total. The van der Waals surface area contributed by atoms with Crippen LogP contribution in [0.15, 0.2) is 0 Å². The van der Waals surface area contributed by atoms with Gasteiger partial charge in [-0.15, -0.1) is 0 Å². The van der Waals surface area contributed by atoms with Crippen molar-refractivity contribution in [2.45, 2.75) is 31.1 Å². The topological polar surface area (TPSA) is 32.3 Å². The van der Waals surface area contributed by atoms with E-state index in [2.05, 4.69) is 18.5 Å². The lowest BCUT2D eigenvalue weighted by molar-refractivity contribution is 0.276. The zero-order chi connectivity index (χ0) is 10.8. The Morgan fingerprint density at radius 2 is 2.00 bits per heavy atom. The van der Waals surface area contributed by atoms with Gasteiger partial charge in [-0.2, -0.15) is 23.5 Å². The van der Waals surface area contributed by atoms with Gasteiger partial charge < -0.3 is 10.4 Å². The molecule has 14 heavy (non-hydrogen) atoms. The van der Waals surface area contributed by atoms with Gasteiger partial charge in [0.1, 0.15) is 0 Å². The first kappa shape index (κ1) is 14.6. The van der Waals surface area contributed by atoms with Crippen LogP contribution in [0, 0.1) is 0 Å². The molecule has 2 nitrogen and oxygen atoms in total. The molecular weight excluding hydrogens is 214 g/mol. The van der Waals surface area contributed by atoms with Crippen LogP contribution in [0.25, 0.3) is 0 Å². The number of hydrogen-bond donors (Lipinski definition) is 2. The molecule has 0 saturated heterocycles. The Morgan fingerprint density at radius 3 is 2.50 bits per heavy atom. The summed E-state index contributed by atoms with van der Waals surface area (Å²) < 4.78 is 0. The molecule has 4 heteroatoms. The van der Waals surface area contributed by atoms with Crippen LogP contribution in [-0.4, -0.2) is 47.8 Å². The summed E-state index contributed by atoms with van der Waals surface area (Å²) in [4.78, 5) is 0. The van der Waals surface area contributed by atoms with Crippen LogP contribution in [0.5, 0.6) is 0 Å². The SMILES string of the molecule is CSCCCCNC(C)C(CO)SC. The standard InChI is InChI=1S/C10H23NOS2/c1-9(10(8-12)14-3)11-6-4-5-7-13-2/h9-12H,4-8H2,1-3H3. The fourth-order valence-electron chi connectivity index (χ4n) is 1.27. The minimum Gasteiger partial charge on any atom is -0.395 e. The van der Waals surface area contributed by atoms with Crippen LogP contribution in [0.2, 0.25) is 0 Å². The molecular formula is C10H23NOS2. The molecule has 0 fully saturated rings. The third kappa shape index (κ3) is 6.98. The fraction of sp³-hybridized carbons (Fsp3) is 1.00. The van der Waals surface area contributed by atoms with Crippen molar-refractivity contribution >= 4 is 23.5 Å². The lowest BCUT2D eigenvalue weighted by Crippen LogP contribution is -2.38. The summed E-state index contributed by atoms with van der Waals surface area (Å²) >= 11 is 3.63. The number of aliphatic hydroxyl groups excluding tert-OH is 1. The summed E-state index contributed by atoms with van der Waals surface area (Å²) in [5, 5.41) is 12.9. The smallest absolute Gasteiger partial charge is 0.0564 e. The average Bonchev–Trinajstić information content (AvgIpc) is 2.19.